The van der Waals surface area contributed by atoms with E-state index in [1.54, 1.807) is 18.2 Å². The number of ether oxygens (including phenoxy) is 1. The van der Waals surface area contributed by atoms with Gasteiger partial charge in [0.2, 0.25) is 0 Å². The first-order chi connectivity index (χ1) is 16.0. The molecule has 0 spiro atoms. The first-order valence-corrected chi connectivity index (χ1v) is 10.7. The van der Waals surface area contributed by atoms with Crippen molar-refractivity contribution in [3.05, 3.63) is 95.1 Å². The number of fused-ring (bicyclic) bond motifs is 3. The standard InChI is InChI=1S/C27H24N2O4/c1-29(25(26(30)31)16-19-8-6-7-18(15-19)13-14-28)27(32)33-17-24-22-11-4-2-9-20(22)21-10-3-5-12-23(21)24/h2-12,15,24-25H,13,16-17H2,1H3,(H,30,31)/t25-/m0/s1. The molecule has 0 radical (unpaired) electrons. The van der Waals surface area contributed by atoms with Crippen LogP contribution in [0.4, 0.5) is 4.79 Å². The van der Waals surface area contributed by atoms with Crippen molar-refractivity contribution in [2.75, 3.05) is 13.7 Å². The Morgan fingerprint density at radius 3 is 2.21 bits per heavy atom. The first kappa shape index (κ1) is 22.1. The van der Waals surface area contributed by atoms with Gasteiger partial charge in [0.1, 0.15) is 12.6 Å². The number of hydrogen-bond acceptors (Lipinski definition) is 4. The second-order valence-corrected chi connectivity index (χ2v) is 8.13. The van der Waals surface area contributed by atoms with Crippen molar-refractivity contribution in [2.45, 2.75) is 24.8 Å². The summed E-state index contributed by atoms with van der Waals surface area (Å²) in [6.45, 7) is 0.126. The van der Waals surface area contributed by atoms with E-state index in [-0.39, 0.29) is 25.4 Å². The predicted octanol–water partition coefficient (Wildman–Crippen LogP) is 4.63. The van der Waals surface area contributed by atoms with Gasteiger partial charge in [0.15, 0.2) is 0 Å². The fourth-order valence-corrected chi connectivity index (χ4v) is 4.39. The summed E-state index contributed by atoms with van der Waals surface area (Å²) in [7, 11) is 1.44. The Hall–Kier alpha value is -4.11. The average Bonchev–Trinajstić information content (AvgIpc) is 3.14. The number of carbonyl (C=O) groups is 2. The number of carboxylic acid groups (broad SMARTS) is 1. The number of benzene rings is 3. The van der Waals surface area contributed by atoms with E-state index in [0.29, 0.717) is 0 Å². The van der Waals surface area contributed by atoms with Crippen molar-refractivity contribution in [3.63, 3.8) is 0 Å². The molecule has 0 saturated carbocycles. The third-order valence-corrected chi connectivity index (χ3v) is 6.08. The van der Waals surface area contributed by atoms with Gasteiger partial charge in [-0.05, 0) is 33.4 Å². The Morgan fingerprint density at radius 1 is 1.00 bits per heavy atom. The summed E-state index contributed by atoms with van der Waals surface area (Å²) in [5.74, 6) is -1.21. The molecule has 1 aliphatic carbocycles. The molecule has 0 heterocycles. The van der Waals surface area contributed by atoms with Gasteiger partial charge in [-0.15, -0.1) is 0 Å². The van der Waals surface area contributed by atoms with Crippen LogP contribution in [-0.2, 0) is 22.4 Å². The highest BCUT2D eigenvalue weighted by Crippen LogP contribution is 2.44. The fourth-order valence-electron chi connectivity index (χ4n) is 4.39. The molecule has 0 aromatic heterocycles. The maximum atomic E-state index is 12.8. The maximum Gasteiger partial charge on any atom is 0.410 e. The topological polar surface area (TPSA) is 90.6 Å². The molecule has 6 nitrogen and oxygen atoms in total. The van der Waals surface area contributed by atoms with Crippen molar-refractivity contribution in [1.29, 1.82) is 5.26 Å². The average molecular weight is 440 g/mol. The van der Waals surface area contributed by atoms with E-state index in [9.17, 15) is 14.7 Å². The lowest BCUT2D eigenvalue weighted by molar-refractivity contribution is -0.142. The summed E-state index contributed by atoms with van der Waals surface area (Å²) in [6, 6.07) is 24.3. The zero-order valence-corrected chi connectivity index (χ0v) is 18.3. The summed E-state index contributed by atoms with van der Waals surface area (Å²) < 4.78 is 5.61. The Balaban J connectivity index is 1.47. The summed E-state index contributed by atoms with van der Waals surface area (Å²) in [6.07, 6.45) is -0.319. The summed E-state index contributed by atoms with van der Waals surface area (Å²) in [4.78, 5) is 25.9. The number of nitriles is 1. The minimum atomic E-state index is -1.11. The zero-order valence-electron chi connectivity index (χ0n) is 18.3. The molecule has 3 aromatic carbocycles. The summed E-state index contributed by atoms with van der Waals surface area (Å²) in [5.41, 5.74) is 6.00. The van der Waals surface area contributed by atoms with E-state index < -0.39 is 18.1 Å². The van der Waals surface area contributed by atoms with Crippen LogP contribution in [0.25, 0.3) is 11.1 Å². The van der Waals surface area contributed by atoms with E-state index in [4.69, 9.17) is 10.00 Å². The highest BCUT2D eigenvalue weighted by atomic mass is 16.6. The Morgan fingerprint density at radius 2 is 1.61 bits per heavy atom. The summed E-state index contributed by atoms with van der Waals surface area (Å²) >= 11 is 0. The second kappa shape index (κ2) is 9.58. The molecular weight excluding hydrogens is 416 g/mol. The van der Waals surface area contributed by atoms with Crippen molar-refractivity contribution in [1.82, 2.24) is 4.90 Å². The number of rotatable bonds is 7. The SMILES string of the molecule is CN(C(=O)OCC1c2ccccc2-c2ccccc21)[C@@H](Cc1cccc(CC#N)c1)C(=O)O. The lowest BCUT2D eigenvalue weighted by Crippen LogP contribution is -2.44. The van der Waals surface area contributed by atoms with Crippen molar-refractivity contribution in [3.8, 4) is 17.2 Å². The number of nitrogens with zero attached hydrogens (tertiary/aromatic N) is 2. The van der Waals surface area contributed by atoms with Gasteiger partial charge < -0.3 is 9.84 Å². The van der Waals surface area contributed by atoms with Gasteiger partial charge in [-0.1, -0.05) is 72.8 Å². The van der Waals surface area contributed by atoms with Crippen LogP contribution in [0.5, 0.6) is 0 Å². The molecular formula is C27H24N2O4. The molecule has 0 bridgehead atoms. The number of amides is 1. The van der Waals surface area contributed by atoms with Crippen molar-refractivity contribution in [2.24, 2.45) is 0 Å². The van der Waals surface area contributed by atoms with Gasteiger partial charge in [-0.3, -0.25) is 4.90 Å². The van der Waals surface area contributed by atoms with Crippen molar-refractivity contribution < 1.29 is 19.4 Å². The fraction of sp³-hybridized carbons (Fsp3) is 0.222. The van der Waals surface area contributed by atoms with Gasteiger partial charge in [-0.25, -0.2) is 9.59 Å². The van der Waals surface area contributed by atoms with Crippen LogP contribution in [0.2, 0.25) is 0 Å². The highest BCUT2D eigenvalue weighted by Gasteiger charge is 2.32. The van der Waals surface area contributed by atoms with Gasteiger partial charge in [0.25, 0.3) is 0 Å². The Labute approximate surface area is 192 Å². The monoisotopic (exact) mass is 440 g/mol. The van der Waals surface area contributed by atoms with Crippen LogP contribution in [0.15, 0.2) is 72.8 Å². The molecule has 33 heavy (non-hydrogen) atoms. The van der Waals surface area contributed by atoms with Crippen LogP contribution in [0.3, 0.4) is 0 Å². The zero-order chi connectivity index (χ0) is 23.4. The number of carboxylic acids is 1. The van der Waals surface area contributed by atoms with E-state index in [1.165, 1.54) is 7.05 Å². The molecule has 1 aliphatic rings. The lowest BCUT2D eigenvalue weighted by atomic mass is 9.98. The van der Waals surface area contributed by atoms with Crippen LogP contribution in [0, 0.1) is 11.3 Å². The van der Waals surface area contributed by atoms with E-state index in [2.05, 4.69) is 18.2 Å². The van der Waals surface area contributed by atoms with Crippen LogP contribution < -0.4 is 0 Å². The molecule has 1 amide bonds. The number of aliphatic carboxylic acids is 1. The highest BCUT2D eigenvalue weighted by molar-refractivity contribution is 5.81. The van der Waals surface area contributed by atoms with Gasteiger partial charge in [0.05, 0.1) is 12.5 Å². The van der Waals surface area contributed by atoms with E-state index in [1.807, 2.05) is 42.5 Å². The van der Waals surface area contributed by atoms with Crippen LogP contribution in [0.1, 0.15) is 28.2 Å². The molecule has 0 fully saturated rings. The quantitative estimate of drug-likeness (QED) is 0.578. The largest absolute Gasteiger partial charge is 0.480 e. The van der Waals surface area contributed by atoms with E-state index in [0.717, 1.165) is 38.3 Å². The van der Waals surface area contributed by atoms with Gasteiger partial charge >= 0.3 is 12.1 Å². The minimum Gasteiger partial charge on any atom is -0.480 e. The third kappa shape index (κ3) is 4.58. The summed E-state index contributed by atoms with van der Waals surface area (Å²) in [5, 5.41) is 18.7. The van der Waals surface area contributed by atoms with Gasteiger partial charge in [0, 0.05) is 19.4 Å². The number of hydrogen-bond donors (Lipinski definition) is 1. The molecule has 166 valence electrons. The second-order valence-electron chi connectivity index (χ2n) is 8.13. The minimum absolute atomic E-state index is 0.0966. The molecule has 0 aliphatic heterocycles. The Bertz CT molecular complexity index is 1190. The molecule has 3 aromatic rings. The van der Waals surface area contributed by atoms with Gasteiger partial charge in [-0.2, -0.15) is 5.26 Å². The third-order valence-electron chi connectivity index (χ3n) is 6.08. The molecule has 0 unspecified atom stereocenters. The molecule has 1 N–H and O–H groups in total. The van der Waals surface area contributed by atoms with Crippen molar-refractivity contribution >= 4 is 12.1 Å². The maximum absolute atomic E-state index is 12.8. The molecule has 1 atom stereocenters. The number of carbonyl (C=O) groups excluding carboxylic acids is 1. The smallest absolute Gasteiger partial charge is 0.410 e. The van der Waals surface area contributed by atoms with Crippen LogP contribution in [-0.4, -0.2) is 41.8 Å². The molecule has 4 rings (SSSR count). The Kier molecular flexibility index (Phi) is 6.41. The normalized spacial score (nSPS) is 12.8. The molecule has 6 heteroatoms. The number of likely N-dealkylation sites (N-methyl/N-ethyl adjacent to an activating group) is 1. The van der Waals surface area contributed by atoms with E-state index >= 15 is 0 Å². The first-order valence-electron chi connectivity index (χ1n) is 10.7. The predicted molar refractivity (Wildman–Crippen MR) is 124 cm³/mol. The van der Waals surface area contributed by atoms with Crippen LogP contribution >= 0.6 is 0 Å². The molecule has 0 saturated heterocycles. The lowest BCUT2D eigenvalue weighted by Gasteiger charge is -2.25.